The Bertz CT molecular complexity index is 141. The maximum absolute atomic E-state index is 12.9. The molecule has 1 nitrogen and oxygen atoms in total. The molecule has 0 radical (unpaired) electrons. The third-order valence-corrected chi connectivity index (χ3v) is 3.45. The second-order valence-corrected chi connectivity index (χ2v) is 4.69. The first-order valence-electron chi connectivity index (χ1n) is 6.01. The summed E-state index contributed by atoms with van der Waals surface area (Å²) in [6.07, 6.45) is 7.10. The summed E-state index contributed by atoms with van der Waals surface area (Å²) < 4.78 is 12.9. The molecule has 0 bridgehead atoms. The van der Waals surface area contributed by atoms with Crippen molar-refractivity contribution in [2.45, 2.75) is 58.0 Å². The van der Waals surface area contributed by atoms with Crippen molar-refractivity contribution < 1.29 is 9.50 Å². The van der Waals surface area contributed by atoms with Gasteiger partial charge in [0.25, 0.3) is 0 Å². The highest BCUT2D eigenvalue weighted by Crippen LogP contribution is 2.34. The number of aliphatic hydroxyl groups excluding tert-OH is 1. The normalized spacial score (nSPS) is 30.2. The summed E-state index contributed by atoms with van der Waals surface area (Å²) in [5.41, 5.74) is 0. The Balaban J connectivity index is 2.15. The highest BCUT2D eigenvalue weighted by atomic mass is 19.1. The summed E-state index contributed by atoms with van der Waals surface area (Å²) in [5, 5.41) is 8.63. The second-order valence-electron chi connectivity index (χ2n) is 4.69. The highest BCUT2D eigenvalue weighted by molar-refractivity contribution is 4.74. The van der Waals surface area contributed by atoms with E-state index in [1.807, 2.05) is 0 Å². The lowest BCUT2D eigenvalue weighted by Crippen LogP contribution is -2.19. The van der Waals surface area contributed by atoms with Crippen molar-refractivity contribution in [3.8, 4) is 0 Å². The fraction of sp³-hybridized carbons (Fsp3) is 1.00. The molecule has 1 aliphatic rings. The van der Waals surface area contributed by atoms with Crippen molar-refractivity contribution in [1.82, 2.24) is 0 Å². The highest BCUT2D eigenvalue weighted by Gasteiger charge is 2.22. The zero-order valence-electron chi connectivity index (χ0n) is 9.21. The van der Waals surface area contributed by atoms with E-state index in [9.17, 15) is 4.39 Å². The van der Waals surface area contributed by atoms with E-state index in [1.54, 1.807) is 0 Å². The van der Waals surface area contributed by atoms with Crippen molar-refractivity contribution >= 4 is 0 Å². The molecule has 0 heterocycles. The largest absolute Gasteiger partial charge is 0.393 e. The summed E-state index contributed by atoms with van der Waals surface area (Å²) in [4.78, 5) is 0. The third kappa shape index (κ3) is 3.95. The van der Waals surface area contributed by atoms with Gasteiger partial charge >= 0.3 is 0 Å². The molecule has 84 valence electrons. The first kappa shape index (κ1) is 12.0. The smallest absolute Gasteiger partial charge is 0.123 e. The minimum Gasteiger partial charge on any atom is -0.393 e. The minimum atomic E-state index is -0.984. The molecule has 0 aliphatic heterocycles. The number of halogens is 1. The van der Waals surface area contributed by atoms with Crippen LogP contribution in [0.3, 0.4) is 0 Å². The number of alkyl halides is 1. The van der Waals surface area contributed by atoms with Crippen LogP contribution in [0, 0.1) is 11.8 Å². The predicted octanol–water partition coefficient (Wildman–Crippen LogP) is 3.31. The van der Waals surface area contributed by atoms with Crippen LogP contribution >= 0.6 is 0 Å². The first-order chi connectivity index (χ1) is 6.76. The Kier molecular flexibility index (Phi) is 5.46. The van der Waals surface area contributed by atoms with E-state index in [0.29, 0.717) is 12.3 Å². The van der Waals surface area contributed by atoms with Gasteiger partial charge in [0.1, 0.15) is 6.17 Å². The van der Waals surface area contributed by atoms with Gasteiger partial charge in [-0.15, -0.1) is 0 Å². The molecule has 0 amide bonds. The van der Waals surface area contributed by atoms with Crippen molar-refractivity contribution in [3.05, 3.63) is 0 Å². The van der Waals surface area contributed by atoms with Gasteiger partial charge in [-0.3, -0.25) is 0 Å². The van der Waals surface area contributed by atoms with Crippen LogP contribution in [0.5, 0.6) is 0 Å². The van der Waals surface area contributed by atoms with Crippen LogP contribution in [0.1, 0.15) is 51.9 Å². The van der Waals surface area contributed by atoms with Gasteiger partial charge < -0.3 is 5.11 Å². The van der Waals surface area contributed by atoms with Gasteiger partial charge in [0, 0.05) is 0 Å². The van der Waals surface area contributed by atoms with E-state index in [-0.39, 0.29) is 6.61 Å². The molecule has 1 rings (SSSR count). The maximum Gasteiger partial charge on any atom is 0.123 e. The molecule has 1 unspecified atom stereocenters. The molecular formula is C12H23FO. The summed E-state index contributed by atoms with van der Waals surface area (Å²) >= 11 is 0. The molecule has 0 saturated heterocycles. The predicted molar refractivity (Wildman–Crippen MR) is 57.0 cm³/mol. The van der Waals surface area contributed by atoms with E-state index in [2.05, 4.69) is 6.92 Å². The molecule has 0 aromatic heterocycles. The van der Waals surface area contributed by atoms with Crippen molar-refractivity contribution in [2.24, 2.45) is 11.8 Å². The molecule has 0 aromatic carbocycles. The fourth-order valence-electron chi connectivity index (χ4n) is 2.60. The van der Waals surface area contributed by atoms with E-state index < -0.39 is 6.17 Å². The quantitative estimate of drug-likeness (QED) is 0.725. The zero-order chi connectivity index (χ0) is 10.4. The van der Waals surface area contributed by atoms with Gasteiger partial charge in [-0.2, -0.15) is 0 Å². The molecule has 2 heteroatoms. The van der Waals surface area contributed by atoms with Crippen LogP contribution in [0.25, 0.3) is 0 Å². The maximum atomic E-state index is 12.9. The summed E-state index contributed by atoms with van der Waals surface area (Å²) in [7, 11) is 0. The van der Waals surface area contributed by atoms with Crippen LogP contribution in [0.15, 0.2) is 0 Å². The Morgan fingerprint density at radius 3 is 2.29 bits per heavy atom. The molecule has 0 spiro atoms. The van der Waals surface area contributed by atoms with E-state index in [4.69, 9.17) is 5.11 Å². The third-order valence-electron chi connectivity index (χ3n) is 3.45. The molecule has 0 aromatic rings. The Labute approximate surface area is 86.7 Å². The lowest BCUT2D eigenvalue weighted by molar-refractivity contribution is 0.134. The van der Waals surface area contributed by atoms with Crippen LogP contribution in [-0.2, 0) is 0 Å². The molecule has 1 aliphatic carbocycles. The zero-order valence-corrected chi connectivity index (χ0v) is 9.21. The van der Waals surface area contributed by atoms with E-state index >= 15 is 0 Å². The molecule has 1 atom stereocenters. The number of hydrogen-bond acceptors (Lipinski definition) is 1. The van der Waals surface area contributed by atoms with Gasteiger partial charge in [0.2, 0.25) is 0 Å². The first-order valence-corrected chi connectivity index (χ1v) is 6.01. The van der Waals surface area contributed by atoms with Crippen molar-refractivity contribution in [3.63, 3.8) is 0 Å². The number of aliphatic hydroxyl groups is 1. The summed E-state index contributed by atoms with van der Waals surface area (Å²) in [5.74, 6) is 1.42. The van der Waals surface area contributed by atoms with Crippen molar-refractivity contribution in [1.29, 1.82) is 0 Å². The van der Waals surface area contributed by atoms with Crippen LogP contribution in [0.2, 0.25) is 0 Å². The monoisotopic (exact) mass is 202 g/mol. The minimum absolute atomic E-state index is 0.297. The Morgan fingerprint density at radius 1 is 1.21 bits per heavy atom. The lowest BCUT2D eigenvalue weighted by Gasteiger charge is -2.28. The standard InChI is InChI=1S/C12H23FO/c1-2-3-10-4-6-11(7-5-10)8-12(13)9-14/h10-12,14H,2-9H2,1H3. The van der Waals surface area contributed by atoms with Crippen molar-refractivity contribution in [2.75, 3.05) is 6.61 Å². The van der Waals surface area contributed by atoms with Gasteiger partial charge in [0.15, 0.2) is 0 Å². The topological polar surface area (TPSA) is 20.2 Å². The Hall–Kier alpha value is -0.110. The average molecular weight is 202 g/mol. The van der Waals surface area contributed by atoms with E-state index in [1.165, 1.54) is 38.5 Å². The SMILES string of the molecule is CCCC1CCC(CC(F)CO)CC1. The van der Waals surface area contributed by atoms with Crippen LogP contribution in [0.4, 0.5) is 4.39 Å². The molecular weight excluding hydrogens is 179 g/mol. The van der Waals surface area contributed by atoms with Crippen LogP contribution < -0.4 is 0 Å². The molecule has 1 fully saturated rings. The fourth-order valence-corrected chi connectivity index (χ4v) is 2.60. The van der Waals surface area contributed by atoms with Crippen LogP contribution in [-0.4, -0.2) is 17.9 Å². The second kappa shape index (κ2) is 6.39. The summed E-state index contributed by atoms with van der Waals surface area (Å²) in [6.45, 7) is 1.93. The summed E-state index contributed by atoms with van der Waals surface area (Å²) in [6, 6.07) is 0. The lowest BCUT2D eigenvalue weighted by atomic mass is 9.78. The van der Waals surface area contributed by atoms with E-state index in [0.717, 1.165) is 5.92 Å². The molecule has 14 heavy (non-hydrogen) atoms. The molecule has 1 N–H and O–H groups in total. The molecule has 1 saturated carbocycles. The van der Waals surface area contributed by atoms with Gasteiger partial charge in [-0.25, -0.2) is 4.39 Å². The number of rotatable bonds is 5. The number of hydrogen-bond donors (Lipinski definition) is 1. The van der Waals surface area contributed by atoms with Gasteiger partial charge in [-0.1, -0.05) is 45.4 Å². The average Bonchev–Trinajstić information content (AvgIpc) is 2.21. The van der Waals surface area contributed by atoms with Gasteiger partial charge in [-0.05, 0) is 18.3 Å². The Morgan fingerprint density at radius 2 is 1.79 bits per heavy atom. The van der Waals surface area contributed by atoms with Gasteiger partial charge in [0.05, 0.1) is 6.61 Å².